The molecule has 0 aliphatic rings. The van der Waals surface area contributed by atoms with Crippen molar-refractivity contribution in [2.75, 3.05) is 7.05 Å². The van der Waals surface area contributed by atoms with Gasteiger partial charge in [0.05, 0.1) is 0 Å². The van der Waals surface area contributed by atoms with Crippen LogP contribution >= 0.6 is 0 Å². The molecule has 5 heteroatoms. The first-order valence-electron chi connectivity index (χ1n) is 4.00. The third-order valence-electron chi connectivity index (χ3n) is 1.64. The van der Waals surface area contributed by atoms with Crippen LogP contribution in [0.5, 0.6) is 0 Å². The molecule has 0 saturated carbocycles. The zero-order valence-electron chi connectivity index (χ0n) is 8.34. The predicted molar refractivity (Wildman–Crippen MR) is 48.5 cm³/mol. The van der Waals surface area contributed by atoms with Crippen LogP contribution in [0.3, 0.4) is 0 Å². The fraction of sp³-hybridized carbons (Fsp3) is 0.750. The molecule has 0 rings (SSSR count). The number of carbonyl (C=O) groups is 2. The van der Waals surface area contributed by atoms with Crippen LogP contribution in [0.25, 0.3) is 0 Å². The second-order valence-corrected chi connectivity index (χ2v) is 3.86. The van der Waals surface area contributed by atoms with Gasteiger partial charge in [-0.15, -0.1) is 0 Å². The normalized spacial score (nSPS) is 13.2. The van der Waals surface area contributed by atoms with Crippen molar-refractivity contribution in [1.82, 2.24) is 10.6 Å². The fourth-order valence-corrected chi connectivity index (χ4v) is 0.943. The minimum atomic E-state index is -1.19. The maximum atomic E-state index is 11.3. The molecular formula is C8H16N2O3. The van der Waals surface area contributed by atoms with E-state index < -0.39 is 17.6 Å². The molecule has 0 aromatic rings. The van der Waals surface area contributed by atoms with Crippen molar-refractivity contribution in [3.63, 3.8) is 0 Å². The van der Waals surface area contributed by atoms with Crippen LogP contribution in [0.2, 0.25) is 0 Å². The van der Waals surface area contributed by atoms with E-state index in [1.807, 2.05) is 0 Å². The number of nitrogens with one attached hydrogen (secondary N) is 2. The number of hydrogen-bond acceptors (Lipinski definition) is 2. The molecule has 0 unspecified atom stereocenters. The summed E-state index contributed by atoms with van der Waals surface area (Å²) < 4.78 is 0. The lowest BCUT2D eigenvalue weighted by Gasteiger charge is -2.28. The van der Waals surface area contributed by atoms with Crippen LogP contribution in [-0.4, -0.2) is 30.2 Å². The summed E-state index contributed by atoms with van der Waals surface area (Å²) in [5, 5.41) is 13.1. The average molecular weight is 188 g/mol. The van der Waals surface area contributed by atoms with E-state index in [1.54, 1.807) is 20.8 Å². The molecule has 0 saturated heterocycles. The standard InChI is InChI=1S/C8H16N2O3/c1-8(2,3)5(6(11)9-4)10-7(12)13/h5,10H,1-4H3,(H,9,11)(H,12,13)/t5-/m0/s1. The average Bonchev–Trinajstić information content (AvgIpc) is 1.96. The first-order valence-corrected chi connectivity index (χ1v) is 4.00. The molecule has 0 aromatic heterocycles. The highest BCUT2D eigenvalue weighted by molar-refractivity contribution is 5.85. The monoisotopic (exact) mass is 188 g/mol. The summed E-state index contributed by atoms with van der Waals surface area (Å²) in [7, 11) is 1.48. The molecule has 13 heavy (non-hydrogen) atoms. The highest BCUT2D eigenvalue weighted by Crippen LogP contribution is 2.19. The van der Waals surface area contributed by atoms with Crippen molar-refractivity contribution in [3.8, 4) is 0 Å². The molecule has 0 fully saturated rings. The SMILES string of the molecule is CNC(=O)[C@H](NC(=O)O)C(C)(C)C. The Morgan fingerprint density at radius 2 is 1.77 bits per heavy atom. The third kappa shape index (κ3) is 3.78. The van der Waals surface area contributed by atoms with Gasteiger partial charge in [0.15, 0.2) is 0 Å². The van der Waals surface area contributed by atoms with Crippen LogP contribution in [0.1, 0.15) is 20.8 Å². The Balaban J connectivity index is 4.56. The molecule has 2 amide bonds. The lowest BCUT2D eigenvalue weighted by Crippen LogP contribution is -2.52. The van der Waals surface area contributed by atoms with Gasteiger partial charge in [-0.1, -0.05) is 20.8 Å². The van der Waals surface area contributed by atoms with Crippen molar-refractivity contribution in [2.45, 2.75) is 26.8 Å². The van der Waals surface area contributed by atoms with Crippen molar-refractivity contribution in [1.29, 1.82) is 0 Å². The molecule has 0 aliphatic heterocycles. The largest absolute Gasteiger partial charge is 0.465 e. The van der Waals surface area contributed by atoms with Crippen LogP contribution in [0.15, 0.2) is 0 Å². The van der Waals surface area contributed by atoms with Crippen molar-refractivity contribution < 1.29 is 14.7 Å². The zero-order valence-corrected chi connectivity index (χ0v) is 8.34. The van der Waals surface area contributed by atoms with E-state index in [1.165, 1.54) is 7.05 Å². The Bertz CT molecular complexity index is 208. The van der Waals surface area contributed by atoms with E-state index in [9.17, 15) is 9.59 Å². The van der Waals surface area contributed by atoms with Gasteiger partial charge in [-0.3, -0.25) is 4.79 Å². The number of carboxylic acid groups (broad SMARTS) is 1. The molecule has 76 valence electrons. The predicted octanol–water partition coefficient (Wildman–Crippen LogP) is 0.415. The van der Waals surface area contributed by atoms with E-state index in [2.05, 4.69) is 10.6 Å². The fourth-order valence-electron chi connectivity index (χ4n) is 0.943. The molecule has 0 aromatic carbocycles. The zero-order chi connectivity index (χ0) is 10.6. The molecule has 3 N–H and O–H groups in total. The Morgan fingerprint density at radius 1 is 1.31 bits per heavy atom. The van der Waals surface area contributed by atoms with Crippen LogP contribution in [-0.2, 0) is 4.79 Å². The van der Waals surface area contributed by atoms with Gasteiger partial charge in [-0.05, 0) is 5.41 Å². The van der Waals surface area contributed by atoms with Gasteiger partial charge in [0.2, 0.25) is 5.91 Å². The molecule has 0 aliphatic carbocycles. The second-order valence-electron chi connectivity index (χ2n) is 3.86. The van der Waals surface area contributed by atoms with Gasteiger partial charge in [0.25, 0.3) is 0 Å². The van der Waals surface area contributed by atoms with E-state index >= 15 is 0 Å². The van der Waals surface area contributed by atoms with E-state index in [4.69, 9.17) is 5.11 Å². The maximum absolute atomic E-state index is 11.3. The highest BCUT2D eigenvalue weighted by atomic mass is 16.4. The number of hydrogen-bond donors (Lipinski definition) is 3. The number of carbonyl (C=O) groups excluding carboxylic acids is 1. The molecule has 0 bridgehead atoms. The topological polar surface area (TPSA) is 78.4 Å². The summed E-state index contributed by atoms with van der Waals surface area (Å²) in [6.45, 7) is 5.38. The van der Waals surface area contributed by atoms with Crippen LogP contribution < -0.4 is 10.6 Å². The highest BCUT2D eigenvalue weighted by Gasteiger charge is 2.31. The lowest BCUT2D eigenvalue weighted by atomic mass is 9.86. The summed E-state index contributed by atoms with van der Waals surface area (Å²) >= 11 is 0. The minimum absolute atomic E-state index is 0.324. The van der Waals surface area contributed by atoms with Crippen LogP contribution in [0, 0.1) is 5.41 Å². The van der Waals surface area contributed by atoms with Crippen molar-refractivity contribution >= 4 is 12.0 Å². The minimum Gasteiger partial charge on any atom is -0.465 e. The van der Waals surface area contributed by atoms with Crippen molar-refractivity contribution in [2.24, 2.45) is 5.41 Å². The first kappa shape index (κ1) is 11.7. The second kappa shape index (κ2) is 4.11. The Labute approximate surface area is 77.5 Å². The number of rotatable bonds is 2. The van der Waals surface area contributed by atoms with Gasteiger partial charge in [0.1, 0.15) is 6.04 Å². The Morgan fingerprint density at radius 3 is 2.00 bits per heavy atom. The molecule has 5 nitrogen and oxygen atoms in total. The van der Waals surface area contributed by atoms with Gasteiger partial charge < -0.3 is 15.7 Å². The van der Waals surface area contributed by atoms with Gasteiger partial charge in [-0.25, -0.2) is 4.79 Å². The van der Waals surface area contributed by atoms with E-state index in [0.29, 0.717) is 0 Å². The molecule has 0 radical (unpaired) electrons. The summed E-state index contributed by atoms with van der Waals surface area (Å²) in [5.74, 6) is -0.324. The summed E-state index contributed by atoms with van der Waals surface area (Å²) in [4.78, 5) is 21.6. The van der Waals surface area contributed by atoms with Gasteiger partial charge in [-0.2, -0.15) is 0 Å². The van der Waals surface area contributed by atoms with Gasteiger partial charge >= 0.3 is 6.09 Å². The lowest BCUT2D eigenvalue weighted by molar-refractivity contribution is -0.124. The first-order chi connectivity index (χ1) is 5.79. The van der Waals surface area contributed by atoms with Crippen LogP contribution in [0.4, 0.5) is 4.79 Å². The Kier molecular flexibility index (Phi) is 3.71. The molecule has 1 atom stereocenters. The molecule has 0 spiro atoms. The number of amides is 2. The van der Waals surface area contributed by atoms with Gasteiger partial charge in [0, 0.05) is 7.05 Å². The summed E-state index contributed by atoms with van der Waals surface area (Å²) in [6, 6.07) is -0.727. The molecular weight excluding hydrogens is 172 g/mol. The Hall–Kier alpha value is -1.26. The summed E-state index contributed by atoms with van der Waals surface area (Å²) in [6.07, 6.45) is -1.19. The smallest absolute Gasteiger partial charge is 0.405 e. The quantitative estimate of drug-likeness (QED) is 0.587. The van der Waals surface area contributed by atoms with E-state index in [-0.39, 0.29) is 5.91 Å². The number of likely N-dealkylation sites (N-methyl/N-ethyl adjacent to an activating group) is 1. The third-order valence-corrected chi connectivity index (χ3v) is 1.64. The maximum Gasteiger partial charge on any atom is 0.405 e. The van der Waals surface area contributed by atoms with E-state index in [0.717, 1.165) is 0 Å². The molecule has 0 heterocycles. The van der Waals surface area contributed by atoms with Crippen molar-refractivity contribution in [3.05, 3.63) is 0 Å². The summed E-state index contributed by atoms with van der Waals surface area (Å²) in [5.41, 5.74) is -0.432.